The van der Waals surface area contributed by atoms with Gasteiger partial charge in [-0.3, -0.25) is 14.9 Å². The molecule has 2 aromatic heterocycles. The molecule has 1 N–H and O–H groups in total. The zero-order chi connectivity index (χ0) is 23.9. The Balaban J connectivity index is 1.45. The van der Waals surface area contributed by atoms with Crippen molar-refractivity contribution in [2.75, 3.05) is 16.8 Å². The van der Waals surface area contributed by atoms with Crippen LogP contribution in [0.2, 0.25) is 0 Å². The summed E-state index contributed by atoms with van der Waals surface area (Å²) in [6.07, 6.45) is -1.73. The number of imidazole rings is 1. The molecular weight excluding hydrogens is 449 g/mol. The van der Waals surface area contributed by atoms with Crippen molar-refractivity contribution in [1.82, 2.24) is 9.55 Å². The van der Waals surface area contributed by atoms with Gasteiger partial charge < -0.3 is 13.9 Å². The lowest BCUT2D eigenvalue weighted by Crippen LogP contribution is -2.23. The average Bonchev–Trinajstić information content (AvgIpc) is 3.54. The van der Waals surface area contributed by atoms with Gasteiger partial charge in [0.25, 0.3) is 5.91 Å². The Morgan fingerprint density at radius 3 is 2.56 bits per heavy atom. The number of benzene rings is 2. The van der Waals surface area contributed by atoms with Crippen molar-refractivity contribution in [3.8, 4) is 0 Å². The van der Waals surface area contributed by atoms with Gasteiger partial charge in [-0.05, 0) is 61.0 Å². The molecule has 4 aromatic rings. The first-order valence-electron chi connectivity index (χ1n) is 10.6. The molecule has 1 fully saturated rings. The fourth-order valence-electron chi connectivity index (χ4n) is 4.01. The predicted molar refractivity (Wildman–Crippen MR) is 119 cm³/mol. The molecule has 0 saturated carbocycles. The lowest BCUT2D eigenvalue weighted by molar-refractivity contribution is -0.137. The van der Waals surface area contributed by atoms with Crippen molar-refractivity contribution >= 4 is 34.5 Å². The predicted octanol–water partition coefficient (Wildman–Crippen LogP) is 5.08. The van der Waals surface area contributed by atoms with Gasteiger partial charge in [0.05, 0.1) is 29.4 Å². The molecule has 0 aliphatic carbocycles. The zero-order valence-corrected chi connectivity index (χ0v) is 17.8. The molecule has 1 aliphatic heterocycles. The smallest absolute Gasteiger partial charge is 0.416 e. The quantitative estimate of drug-likeness (QED) is 0.443. The number of hydrogen-bond acceptors (Lipinski definition) is 4. The topological polar surface area (TPSA) is 80.4 Å². The highest BCUT2D eigenvalue weighted by Crippen LogP contribution is 2.32. The number of nitrogens with zero attached hydrogens (tertiary/aromatic N) is 3. The van der Waals surface area contributed by atoms with E-state index in [1.165, 1.54) is 12.3 Å². The maximum Gasteiger partial charge on any atom is 0.416 e. The minimum Gasteiger partial charge on any atom is -0.467 e. The Bertz CT molecular complexity index is 1360. The fraction of sp³-hybridized carbons (Fsp3) is 0.208. The normalized spacial score (nSPS) is 14.2. The summed E-state index contributed by atoms with van der Waals surface area (Å²) in [7, 11) is 0. The Morgan fingerprint density at radius 2 is 1.91 bits per heavy atom. The lowest BCUT2D eigenvalue weighted by Gasteiger charge is -2.16. The van der Waals surface area contributed by atoms with Gasteiger partial charge in [-0.15, -0.1) is 0 Å². The summed E-state index contributed by atoms with van der Waals surface area (Å²) < 4.78 is 46.5. The molecule has 7 nitrogen and oxygen atoms in total. The van der Waals surface area contributed by atoms with Crippen LogP contribution in [0.1, 0.15) is 34.5 Å². The van der Waals surface area contributed by atoms with Gasteiger partial charge in [-0.1, -0.05) is 0 Å². The summed E-state index contributed by atoms with van der Waals surface area (Å²) in [6, 6.07) is 13.2. The van der Waals surface area contributed by atoms with Crippen LogP contribution >= 0.6 is 0 Å². The second-order valence-electron chi connectivity index (χ2n) is 7.95. The molecule has 2 amide bonds. The van der Waals surface area contributed by atoms with Gasteiger partial charge in [-0.2, -0.15) is 13.2 Å². The van der Waals surface area contributed by atoms with E-state index in [-0.39, 0.29) is 23.9 Å². The molecule has 10 heteroatoms. The SMILES string of the molecule is O=C(Nc1nc2cc(C(F)(F)F)ccc2n1Cc1ccco1)c1ccc(N2CCCC2=O)cc1. The maximum absolute atomic E-state index is 13.2. The van der Waals surface area contributed by atoms with Gasteiger partial charge in [0.1, 0.15) is 5.76 Å². The summed E-state index contributed by atoms with van der Waals surface area (Å²) in [5.74, 6) is 0.206. The minimum atomic E-state index is -4.51. The van der Waals surface area contributed by atoms with Crippen LogP contribution in [0.4, 0.5) is 24.8 Å². The van der Waals surface area contributed by atoms with E-state index >= 15 is 0 Å². The van der Waals surface area contributed by atoms with E-state index in [0.717, 1.165) is 18.6 Å². The second-order valence-corrected chi connectivity index (χ2v) is 7.95. The van der Waals surface area contributed by atoms with E-state index in [1.54, 1.807) is 45.9 Å². The molecule has 34 heavy (non-hydrogen) atoms. The number of rotatable bonds is 5. The number of halogens is 3. The highest BCUT2D eigenvalue weighted by atomic mass is 19.4. The van der Waals surface area contributed by atoms with Crippen LogP contribution in [0.5, 0.6) is 0 Å². The number of carbonyl (C=O) groups is 2. The van der Waals surface area contributed by atoms with Crippen LogP contribution in [0.15, 0.2) is 65.3 Å². The van der Waals surface area contributed by atoms with Gasteiger partial charge in [0.2, 0.25) is 11.9 Å². The van der Waals surface area contributed by atoms with Gasteiger partial charge in [0.15, 0.2) is 0 Å². The third-order valence-corrected chi connectivity index (χ3v) is 5.71. The number of alkyl halides is 3. The molecular formula is C24H19F3N4O3. The Labute approximate surface area is 191 Å². The van der Waals surface area contributed by atoms with Crippen LogP contribution < -0.4 is 10.2 Å². The van der Waals surface area contributed by atoms with Gasteiger partial charge in [0, 0.05) is 24.2 Å². The third kappa shape index (κ3) is 4.14. The van der Waals surface area contributed by atoms with E-state index in [1.807, 2.05) is 0 Å². The second kappa shape index (κ2) is 8.36. The molecule has 0 atom stereocenters. The van der Waals surface area contributed by atoms with Crippen molar-refractivity contribution in [3.63, 3.8) is 0 Å². The molecule has 1 aliphatic rings. The van der Waals surface area contributed by atoms with E-state index in [9.17, 15) is 22.8 Å². The van der Waals surface area contributed by atoms with Crippen LogP contribution in [0, 0.1) is 0 Å². The zero-order valence-electron chi connectivity index (χ0n) is 17.8. The third-order valence-electron chi connectivity index (χ3n) is 5.71. The summed E-state index contributed by atoms with van der Waals surface area (Å²) in [5, 5.41) is 2.69. The molecule has 174 valence electrons. The molecule has 3 heterocycles. The highest BCUT2D eigenvalue weighted by molar-refractivity contribution is 6.04. The number of nitrogens with one attached hydrogen (secondary N) is 1. The Kier molecular flexibility index (Phi) is 5.35. The molecule has 0 bridgehead atoms. The Hall–Kier alpha value is -4.08. The number of furan rings is 1. The molecule has 0 unspecified atom stereocenters. The van der Waals surface area contributed by atoms with Gasteiger partial charge in [-0.25, -0.2) is 4.98 Å². The lowest BCUT2D eigenvalue weighted by atomic mass is 10.2. The van der Waals surface area contributed by atoms with Crippen molar-refractivity contribution in [2.45, 2.75) is 25.6 Å². The van der Waals surface area contributed by atoms with Crippen LogP contribution in [0.3, 0.4) is 0 Å². The summed E-state index contributed by atoms with van der Waals surface area (Å²) in [4.78, 5) is 30.8. The molecule has 1 saturated heterocycles. The first-order chi connectivity index (χ1) is 16.3. The van der Waals surface area contributed by atoms with Crippen molar-refractivity contribution in [1.29, 1.82) is 0 Å². The number of amides is 2. The van der Waals surface area contributed by atoms with Crippen molar-refractivity contribution < 1.29 is 27.2 Å². The van der Waals surface area contributed by atoms with Crippen LogP contribution in [-0.2, 0) is 17.5 Å². The number of fused-ring (bicyclic) bond motifs is 1. The number of anilines is 2. The van der Waals surface area contributed by atoms with Gasteiger partial charge >= 0.3 is 6.18 Å². The molecule has 5 rings (SSSR count). The monoisotopic (exact) mass is 468 g/mol. The fourth-order valence-corrected chi connectivity index (χ4v) is 4.01. The molecule has 0 spiro atoms. The summed E-state index contributed by atoms with van der Waals surface area (Å²) in [6.45, 7) is 0.807. The van der Waals surface area contributed by atoms with E-state index in [4.69, 9.17) is 4.42 Å². The molecule has 2 aromatic carbocycles. The average molecular weight is 468 g/mol. The largest absolute Gasteiger partial charge is 0.467 e. The van der Waals surface area contributed by atoms with E-state index in [0.29, 0.717) is 35.5 Å². The first kappa shape index (κ1) is 21.7. The van der Waals surface area contributed by atoms with E-state index in [2.05, 4.69) is 10.3 Å². The molecule has 0 radical (unpaired) electrons. The summed E-state index contributed by atoms with van der Waals surface area (Å²) >= 11 is 0. The summed E-state index contributed by atoms with van der Waals surface area (Å²) in [5.41, 5.74) is 0.724. The Morgan fingerprint density at radius 1 is 1.12 bits per heavy atom. The number of hydrogen-bond donors (Lipinski definition) is 1. The minimum absolute atomic E-state index is 0.0436. The van der Waals surface area contributed by atoms with E-state index < -0.39 is 17.6 Å². The maximum atomic E-state index is 13.2. The number of aromatic nitrogens is 2. The highest BCUT2D eigenvalue weighted by Gasteiger charge is 2.31. The van der Waals surface area contributed by atoms with Crippen molar-refractivity contribution in [2.24, 2.45) is 0 Å². The van der Waals surface area contributed by atoms with Crippen LogP contribution in [-0.4, -0.2) is 27.9 Å². The number of carbonyl (C=O) groups excluding carboxylic acids is 2. The van der Waals surface area contributed by atoms with Crippen molar-refractivity contribution in [3.05, 3.63) is 77.7 Å². The standard InChI is InChI=1S/C24H19F3N4O3/c25-24(26,27)16-7-10-20-19(13-16)28-23(31(20)14-18-3-2-12-34-18)29-22(33)15-5-8-17(9-6-15)30-11-1-4-21(30)32/h2-3,5-10,12-13H,1,4,11,14H2,(H,28,29,33). The first-order valence-corrected chi connectivity index (χ1v) is 10.6. The van der Waals surface area contributed by atoms with Crippen LogP contribution in [0.25, 0.3) is 11.0 Å².